The molecular formula is C23H33N5O3. The predicted molar refractivity (Wildman–Crippen MR) is 122 cm³/mol. The van der Waals surface area contributed by atoms with Crippen LogP contribution in [-0.4, -0.2) is 81.2 Å². The maximum Gasteiger partial charge on any atom is 0.236 e. The van der Waals surface area contributed by atoms with Crippen molar-refractivity contribution >= 4 is 11.9 Å². The maximum atomic E-state index is 12.5. The molecule has 8 nitrogen and oxygen atoms in total. The van der Waals surface area contributed by atoms with Gasteiger partial charge in [-0.3, -0.25) is 9.69 Å². The van der Waals surface area contributed by atoms with Crippen LogP contribution in [0.4, 0.5) is 5.95 Å². The molecule has 1 atom stereocenters. The van der Waals surface area contributed by atoms with Gasteiger partial charge in [0.15, 0.2) is 0 Å². The van der Waals surface area contributed by atoms with Crippen molar-refractivity contribution in [1.29, 1.82) is 0 Å². The molecule has 2 aromatic rings. The molecule has 0 radical (unpaired) electrons. The van der Waals surface area contributed by atoms with Crippen molar-refractivity contribution in [3.05, 3.63) is 30.1 Å². The molecule has 1 aliphatic rings. The number of carbonyl (C=O) groups excluding carboxylic acids is 1. The smallest absolute Gasteiger partial charge is 0.236 e. The molecule has 8 heteroatoms. The van der Waals surface area contributed by atoms with Gasteiger partial charge in [-0.15, -0.1) is 0 Å². The zero-order chi connectivity index (χ0) is 22.5. The van der Waals surface area contributed by atoms with E-state index in [1.165, 1.54) is 0 Å². The molecule has 0 N–H and O–H groups in total. The Morgan fingerprint density at radius 1 is 1.13 bits per heavy atom. The molecule has 0 aliphatic carbocycles. The van der Waals surface area contributed by atoms with Crippen LogP contribution in [-0.2, 0) is 4.79 Å². The van der Waals surface area contributed by atoms with Crippen molar-refractivity contribution in [2.24, 2.45) is 0 Å². The van der Waals surface area contributed by atoms with Gasteiger partial charge in [0.25, 0.3) is 0 Å². The summed E-state index contributed by atoms with van der Waals surface area (Å²) in [6.45, 7) is 1.22. The number of carbonyl (C=O) groups is 1. The minimum atomic E-state index is 0.00367. The van der Waals surface area contributed by atoms with Gasteiger partial charge in [0.05, 0.1) is 38.1 Å². The molecule has 1 fully saturated rings. The van der Waals surface area contributed by atoms with Crippen LogP contribution in [0.2, 0.25) is 0 Å². The van der Waals surface area contributed by atoms with Crippen molar-refractivity contribution < 1.29 is 14.3 Å². The number of nitrogens with zero attached hydrogens (tertiary/aromatic N) is 5. The summed E-state index contributed by atoms with van der Waals surface area (Å²) in [6, 6.07) is 5.73. The third-order valence-electron chi connectivity index (χ3n) is 5.67. The Morgan fingerprint density at radius 3 is 2.39 bits per heavy atom. The van der Waals surface area contributed by atoms with E-state index in [1.807, 2.05) is 43.4 Å². The standard InChI is InChI=1S/C23H33N5O3/c1-26(2)20(29)15-28-13-8-7-10-17(28)22-16(14-24-23(25-22)27(3)4)21-18(30-5)11-9-12-19(21)31-6/h9,11-12,14,17H,7-8,10,13,15H2,1-6H3/t17-/m1/s1. The first-order chi connectivity index (χ1) is 14.9. The number of anilines is 1. The van der Waals surface area contributed by atoms with Crippen molar-refractivity contribution in [2.75, 3.05) is 60.4 Å². The molecule has 168 valence electrons. The van der Waals surface area contributed by atoms with Gasteiger partial charge < -0.3 is 19.3 Å². The molecule has 1 aliphatic heterocycles. The number of aromatic nitrogens is 2. The second-order valence-corrected chi connectivity index (χ2v) is 8.17. The SMILES string of the molecule is COc1cccc(OC)c1-c1cnc(N(C)C)nc1[C@H]1CCCCN1CC(=O)N(C)C. The Balaban J connectivity index is 2.16. The first kappa shape index (κ1) is 22.8. The van der Waals surface area contributed by atoms with Crippen LogP contribution in [0.25, 0.3) is 11.1 Å². The lowest BCUT2D eigenvalue weighted by atomic mass is 9.93. The quantitative estimate of drug-likeness (QED) is 0.673. The normalized spacial score (nSPS) is 16.6. The van der Waals surface area contributed by atoms with E-state index in [-0.39, 0.29) is 11.9 Å². The second-order valence-electron chi connectivity index (χ2n) is 8.17. The largest absolute Gasteiger partial charge is 0.496 e. The summed E-state index contributed by atoms with van der Waals surface area (Å²) >= 11 is 0. The molecule has 1 amide bonds. The topological polar surface area (TPSA) is 71.0 Å². The summed E-state index contributed by atoms with van der Waals surface area (Å²) < 4.78 is 11.3. The fourth-order valence-corrected chi connectivity index (χ4v) is 3.97. The summed E-state index contributed by atoms with van der Waals surface area (Å²) in [5.74, 6) is 2.13. The number of ether oxygens (including phenoxy) is 2. The average Bonchev–Trinajstić information content (AvgIpc) is 2.78. The van der Waals surface area contributed by atoms with E-state index in [9.17, 15) is 4.79 Å². The minimum absolute atomic E-state index is 0.00367. The van der Waals surface area contributed by atoms with Gasteiger partial charge in [-0.05, 0) is 31.5 Å². The summed E-state index contributed by atoms with van der Waals surface area (Å²) in [4.78, 5) is 27.8. The highest BCUT2D eigenvalue weighted by atomic mass is 16.5. The number of benzene rings is 1. The number of methoxy groups -OCH3 is 2. The first-order valence-corrected chi connectivity index (χ1v) is 10.6. The van der Waals surface area contributed by atoms with E-state index in [0.717, 1.165) is 42.6 Å². The third kappa shape index (κ3) is 4.90. The number of amides is 1. The fourth-order valence-electron chi connectivity index (χ4n) is 3.97. The minimum Gasteiger partial charge on any atom is -0.496 e. The number of hydrogen-bond acceptors (Lipinski definition) is 7. The molecule has 1 saturated heterocycles. The van der Waals surface area contributed by atoms with E-state index in [4.69, 9.17) is 14.5 Å². The molecular weight excluding hydrogens is 394 g/mol. The third-order valence-corrected chi connectivity index (χ3v) is 5.67. The Hall–Kier alpha value is -2.87. The molecule has 0 spiro atoms. The Labute approximate surface area is 184 Å². The number of rotatable bonds is 7. The van der Waals surface area contributed by atoms with Crippen LogP contribution in [0.1, 0.15) is 31.0 Å². The van der Waals surface area contributed by atoms with E-state index in [0.29, 0.717) is 24.0 Å². The molecule has 2 heterocycles. The van der Waals surface area contributed by atoms with Crippen molar-refractivity contribution in [3.63, 3.8) is 0 Å². The highest BCUT2D eigenvalue weighted by molar-refractivity contribution is 5.79. The van der Waals surface area contributed by atoms with Crippen LogP contribution in [0.5, 0.6) is 11.5 Å². The van der Waals surface area contributed by atoms with E-state index in [1.54, 1.807) is 33.2 Å². The summed E-state index contributed by atoms with van der Waals surface area (Å²) in [5.41, 5.74) is 2.60. The average molecular weight is 428 g/mol. The zero-order valence-corrected chi connectivity index (χ0v) is 19.4. The first-order valence-electron chi connectivity index (χ1n) is 10.6. The highest BCUT2D eigenvalue weighted by Crippen LogP contribution is 2.43. The molecule has 1 aromatic heterocycles. The van der Waals surface area contributed by atoms with E-state index in [2.05, 4.69) is 9.88 Å². The fraction of sp³-hybridized carbons (Fsp3) is 0.522. The van der Waals surface area contributed by atoms with Crippen LogP contribution in [0, 0.1) is 0 Å². The van der Waals surface area contributed by atoms with Gasteiger partial charge in [-0.25, -0.2) is 9.97 Å². The summed E-state index contributed by atoms with van der Waals surface area (Å²) in [5, 5.41) is 0. The Bertz CT molecular complexity index is 894. The lowest BCUT2D eigenvalue weighted by molar-refractivity contribution is -0.130. The highest BCUT2D eigenvalue weighted by Gasteiger charge is 2.31. The van der Waals surface area contributed by atoms with Gasteiger partial charge in [-0.1, -0.05) is 12.5 Å². The number of likely N-dealkylation sites (N-methyl/N-ethyl adjacent to an activating group) is 1. The zero-order valence-electron chi connectivity index (χ0n) is 19.4. The van der Waals surface area contributed by atoms with Gasteiger partial charge >= 0.3 is 0 Å². The van der Waals surface area contributed by atoms with Gasteiger partial charge in [0.2, 0.25) is 11.9 Å². The monoisotopic (exact) mass is 427 g/mol. The van der Waals surface area contributed by atoms with Crippen molar-refractivity contribution in [3.8, 4) is 22.6 Å². The van der Waals surface area contributed by atoms with Crippen molar-refractivity contribution in [1.82, 2.24) is 19.8 Å². The van der Waals surface area contributed by atoms with E-state index >= 15 is 0 Å². The molecule has 0 saturated carbocycles. The van der Waals surface area contributed by atoms with Gasteiger partial charge in [0.1, 0.15) is 11.5 Å². The summed E-state index contributed by atoms with van der Waals surface area (Å²) in [6.07, 6.45) is 4.92. The van der Waals surface area contributed by atoms with Gasteiger partial charge in [0, 0.05) is 40.0 Å². The van der Waals surface area contributed by atoms with Crippen molar-refractivity contribution in [2.45, 2.75) is 25.3 Å². The Morgan fingerprint density at radius 2 is 1.81 bits per heavy atom. The van der Waals surface area contributed by atoms with Crippen LogP contribution in [0.3, 0.4) is 0 Å². The lowest BCUT2D eigenvalue weighted by Gasteiger charge is -2.36. The molecule has 31 heavy (non-hydrogen) atoms. The lowest BCUT2D eigenvalue weighted by Crippen LogP contribution is -2.41. The molecule has 0 unspecified atom stereocenters. The predicted octanol–water partition coefficient (Wildman–Crippen LogP) is 2.84. The number of likely N-dealkylation sites (tertiary alicyclic amines) is 1. The molecule has 0 bridgehead atoms. The number of hydrogen-bond donors (Lipinski definition) is 0. The number of piperidine rings is 1. The van der Waals surface area contributed by atoms with Crippen LogP contribution < -0.4 is 14.4 Å². The van der Waals surface area contributed by atoms with Gasteiger partial charge in [-0.2, -0.15) is 0 Å². The molecule has 1 aromatic carbocycles. The van der Waals surface area contributed by atoms with E-state index < -0.39 is 0 Å². The van der Waals surface area contributed by atoms with Crippen LogP contribution in [0.15, 0.2) is 24.4 Å². The second kappa shape index (κ2) is 9.96. The summed E-state index contributed by atoms with van der Waals surface area (Å²) in [7, 11) is 10.7. The maximum absolute atomic E-state index is 12.5. The Kier molecular flexibility index (Phi) is 7.33. The van der Waals surface area contributed by atoms with Crippen LogP contribution >= 0.6 is 0 Å². The molecule has 3 rings (SSSR count).